The number of aromatic nitrogens is 1. The van der Waals surface area contributed by atoms with Gasteiger partial charge in [0.25, 0.3) is 0 Å². The smallest absolute Gasteiger partial charge is 0.407 e. The van der Waals surface area contributed by atoms with Gasteiger partial charge in [0, 0.05) is 12.7 Å². The van der Waals surface area contributed by atoms with E-state index in [-0.39, 0.29) is 11.4 Å². The Hall–Kier alpha value is -3.29. The van der Waals surface area contributed by atoms with E-state index in [0.717, 1.165) is 25.7 Å². The maximum absolute atomic E-state index is 11.6. The molecule has 8 nitrogen and oxygen atoms in total. The van der Waals surface area contributed by atoms with Crippen molar-refractivity contribution in [2.45, 2.75) is 52.1 Å². The predicted octanol–water partition coefficient (Wildman–Crippen LogP) is 5.04. The molecule has 0 bridgehead atoms. The van der Waals surface area contributed by atoms with Gasteiger partial charge in [0.1, 0.15) is 11.2 Å². The van der Waals surface area contributed by atoms with Crippen LogP contribution >= 0.6 is 0 Å². The van der Waals surface area contributed by atoms with E-state index in [9.17, 15) is 14.7 Å². The van der Waals surface area contributed by atoms with Crippen LogP contribution in [0.25, 0.3) is 0 Å². The molecule has 0 atom stereocenters. The summed E-state index contributed by atoms with van der Waals surface area (Å²) < 4.78 is 16.7. The number of para-hydroxylation sites is 2. The van der Waals surface area contributed by atoms with Gasteiger partial charge in [0.2, 0.25) is 5.88 Å². The number of carbonyl (C=O) groups excluding carboxylic acids is 1. The predicted molar refractivity (Wildman–Crippen MR) is 116 cm³/mol. The number of nitrogens with zero attached hydrogens (tertiary/aromatic N) is 1. The van der Waals surface area contributed by atoms with Gasteiger partial charge in [-0.2, -0.15) is 0 Å². The van der Waals surface area contributed by atoms with Gasteiger partial charge in [-0.25, -0.2) is 14.6 Å². The Morgan fingerprint density at radius 3 is 2.42 bits per heavy atom. The van der Waals surface area contributed by atoms with E-state index in [0.29, 0.717) is 24.7 Å². The summed E-state index contributed by atoms with van der Waals surface area (Å²) in [5.41, 5.74) is -0.509. The number of benzene rings is 1. The molecule has 1 aromatic carbocycles. The summed E-state index contributed by atoms with van der Waals surface area (Å²) in [6.45, 7) is 6.56. The van der Waals surface area contributed by atoms with E-state index in [2.05, 4.69) is 10.3 Å². The number of aromatic carboxylic acids is 1. The lowest BCUT2D eigenvalue weighted by molar-refractivity contribution is 0.0526. The number of carbonyl (C=O) groups is 2. The summed E-state index contributed by atoms with van der Waals surface area (Å²) >= 11 is 0. The van der Waals surface area contributed by atoms with Crippen molar-refractivity contribution in [1.82, 2.24) is 10.3 Å². The number of pyridine rings is 1. The van der Waals surface area contributed by atoms with Crippen LogP contribution < -0.4 is 14.8 Å². The topological polar surface area (TPSA) is 107 Å². The standard InChI is InChI=1S/C23H30N2O6/c1-23(2,3)31-22(28)25-14-8-4-5-9-16-29-18-12-6-7-13-19(18)30-20-17(21(26)27)11-10-15-24-20/h6-7,10-13,15H,4-5,8-9,14,16H2,1-3H3,(H,25,28)(H,26,27). The molecule has 168 valence electrons. The van der Waals surface area contributed by atoms with Crippen molar-refractivity contribution in [3.05, 3.63) is 48.2 Å². The van der Waals surface area contributed by atoms with Gasteiger partial charge >= 0.3 is 12.1 Å². The highest BCUT2D eigenvalue weighted by atomic mass is 16.6. The van der Waals surface area contributed by atoms with Gasteiger partial charge in [-0.05, 0) is 57.9 Å². The van der Waals surface area contributed by atoms with Crippen molar-refractivity contribution < 1.29 is 28.9 Å². The Kier molecular flexibility index (Phi) is 9.12. The minimum atomic E-state index is -1.11. The highest BCUT2D eigenvalue weighted by Gasteiger charge is 2.16. The molecule has 0 saturated carbocycles. The molecule has 2 N–H and O–H groups in total. The molecule has 2 rings (SSSR count). The minimum Gasteiger partial charge on any atom is -0.490 e. The second-order valence-corrected chi connectivity index (χ2v) is 7.90. The third-order valence-electron chi connectivity index (χ3n) is 4.05. The third-order valence-corrected chi connectivity index (χ3v) is 4.05. The normalized spacial score (nSPS) is 10.9. The minimum absolute atomic E-state index is 0.0164. The van der Waals surface area contributed by atoms with Gasteiger partial charge in [0.15, 0.2) is 11.5 Å². The van der Waals surface area contributed by atoms with E-state index >= 15 is 0 Å². The molecule has 8 heteroatoms. The van der Waals surface area contributed by atoms with E-state index < -0.39 is 17.7 Å². The number of amides is 1. The number of hydrogen-bond acceptors (Lipinski definition) is 6. The molecule has 0 radical (unpaired) electrons. The Bertz CT molecular complexity index is 863. The van der Waals surface area contributed by atoms with Gasteiger partial charge in [-0.3, -0.25) is 0 Å². The molecule has 0 unspecified atom stereocenters. The van der Waals surface area contributed by atoms with Crippen molar-refractivity contribution in [1.29, 1.82) is 0 Å². The molecule has 0 aliphatic carbocycles. The fourth-order valence-electron chi connectivity index (χ4n) is 2.66. The number of carboxylic acids is 1. The van der Waals surface area contributed by atoms with Crippen LogP contribution in [0.2, 0.25) is 0 Å². The molecular weight excluding hydrogens is 400 g/mol. The summed E-state index contributed by atoms with van der Waals surface area (Å²) in [7, 11) is 0. The Labute approximate surface area is 182 Å². The average molecular weight is 431 g/mol. The van der Waals surface area contributed by atoms with Crippen LogP contribution in [0.3, 0.4) is 0 Å². The second-order valence-electron chi connectivity index (χ2n) is 7.90. The Morgan fingerprint density at radius 2 is 1.71 bits per heavy atom. The summed E-state index contributed by atoms with van der Waals surface area (Å²) in [4.78, 5) is 26.9. The molecule has 1 aromatic heterocycles. The summed E-state index contributed by atoms with van der Waals surface area (Å²) in [6, 6.07) is 10.1. The van der Waals surface area contributed by atoms with Crippen LogP contribution in [0.1, 0.15) is 56.8 Å². The number of carboxylic acid groups (broad SMARTS) is 1. The Morgan fingerprint density at radius 1 is 1.00 bits per heavy atom. The Balaban J connectivity index is 1.72. The van der Waals surface area contributed by atoms with Crippen molar-refractivity contribution in [2.75, 3.05) is 13.2 Å². The number of rotatable bonds is 11. The van der Waals surface area contributed by atoms with E-state index in [1.54, 1.807) is 24.3 Å². The monoisotopic (exact) mass is 430 g/mol. The largest absolute Gasteiger partial charge is 0.490 e. The number of ether oxygens (including phenoxy) is 3. The molecule has 2 aromatic rings. The first kappa shape index (κ1) is 24.0. The van der Waals surface area contributed by atoms with E-state index in [4.69, 9.17) is 14.2 Å². The zero-order chi connectivity index (χ0) is 22.7. The lowest BCUT2D eigenvalue weighted by atomic mass is 10.2. The van der Waals surface area contributed by atoms with Crippen LogP contribution in [0.4, 0.5) is 4.79 Å². The first-order valence-electron chi connectivity index (χ1n) is 10.3. The van der Waals surface area contributed by atoms with Crippen molar-refractivity contribution >= 4 is 12.1 Å². The molecule has 31 heavy (non-hydrogen) atoms. The first-order valence-corrected chi connectivity index (χ1v) is 10.3. The fourth-order valence-corrected chi connectivity index (χ4v) is 2.66. The van der Waals surface area contributed by atoms with Gasteiger partial charge in [0.05, 0.1) is 6.61 Å². The molecule has 1 amide bonds. The first-order chi connectivity index (χ1) is 14.8. The molecule has 0 aliphatic heterocycles. The zero-order valence-electron chi connectivity index (χ0n) is 18.2. The summed E-state index contributed by atoms with van der Waals surface area (Å²) in [5, 5.41) is 12.0. The maximum atomic E-state index is 11.6. The van der Waals surface area contributed by atoms with Crippen LogP contribution in [-0.4, -0.2) is 40.9 Å². The van der Waals surface area contributed by atoms with E-state index in [1.165, 1.54) is 12.3 Å². The molecule has 0 spiro atoms. The van der Waals surface area contributed by atoms with E-state index in [1.807, 2.05) is 26.8 Å². The van der Waals surface area contributed by atoms with Crippen LogP contribution in [0, 0.1) is 0 Å². The molecule has 0 fully saturated rings. The lowest BCUT2D eigenvalue weighted by Crippen LogP contribution is -2.32. The molecular formula is C23H30N2O6. The fraction of sp³-hybridized carbons (Fsp3) is 0.435. The summed E-state index contributed by atoms with van der Waals surface area (Å²) in [5.74, 6) is -0.160. The third kappa shape index (κ3) is 8.94. The SMILES string of the molecule is CC(C)(C)OC(=O)NCCCCCCOc1ccccc1Oc1ncccc1C(=O)O. The van der Waals surface area contributed by atoms with Crippen molar-refractivity contribution in [2.24, 2.45) is 0 Å². The summed E-state index contributed by atoms with van der Waals surface area (Å²) in [6.07, 6.45) is 4.67. The number of unbranched alkanes of at least 4 members (excludes halogenated alkanes) is 3. The maximum Gasteiger partial charge on any atom is 0.407 e. The van der Waals surface area contributed by atoms with Gasteiger partial charge in [-0.1, -0.05) is 25.0 Å². The highest BCUT2D eigenvalue weighted by molar-refractivity contribution is 5.90. The van der Waals surface area contributed by atoms with Crippen molar-refractivity contribution in [3.8, 4) is 17.4 Å². The number of hydrogen-bond donors (Lipinski definition) is 2. The molecule has 1 heterocycles. The number of alkyl carbamates (subject to hydrolysis) is 1. The van der Waals surface area contributed by atoms with Crippen LogP contribution in [-0.2, 0) is 4.74 Å². The average Bonchev–Trinajstić information content (AvgIpc) is 2.70. The highest BCUT2D eigenvalue weighted by Crippen LogP contribution is 2.32. The lowest BCUT2D eigenvalue weighted by Gasteiger charge is -2.19. The van der Waals surface area contributed by atoms with Crippen LogP contribution in [0.15, 0.2) is 42.6 Å². The second kappa shape index (κ2) is 11.8. The quantitative estimate of drug-likeness (QED) is 0.481. The number of nitrogens with one attached hydrogen (secondary N) is 1. The van der Waals surface area contributed by atoms with Crippen LogP contribution in [0.5, 0.6) is 17.4 Å². The zero-order valence-corrected chi connectivity index (χ0v) is 18.2. The van der Waals surface area contributed by atoms with Gasteiger partial charge < -0.3 is 24.6 Å². The van der Waals surface area contributed by atoms with Gasteiger partial charge in [-0.15, -0.1) is 0 Å². The molecule has 0 saturated heterocycles. The molecule has 0 aliphatic rings. The van der Waals surface area contributed by atoms with Crippen molar-refractivity contribution in [3.63, 3.8) is 0 Å².